The van der Waals surface area contributed by atoms with Gasteiger partial charge in [0, 0.05) is 12.1 Å². The normalized spacial score (nSPS) is 19.1. The number of nitrogens with one attached hydrogen (secondary N) is 2. The van der Waals surface area contributed by atoms with Crippen LogP contribution in [0.25, 0.3) is 0 Å². The fourth-order valence-electron chi connectivity index (χ4n) is 2.11. The number of aromatic nitrogens is 2. The molecule has 19 heavy (non-hydrogen) atoms. The van der Waals surface area contributed by atoms with Crippen LogP contribution in [0, 0.1) is 12.8 Å². The number of aryl methyl sites for hydroxylation is 1. The van der Waals surface area contributed by atoms with E-state index in [4.69, 9.17) is 0 Å². The zero-order chi connectivity index (χ0) is 12.8. The van der Waals surface area contributed by atoms with Crippen LogP contribution in [0.5, 0.6) is 0 Å². The molecule has 2 rings (SSSR count). The van der Waals surface area contributed by atoms with Crippen molar-refractivity contribution < 1.29 is 4.79 Å². The molecule has 106 valence electrons. The molecule has 1 atom stereocenters. The molecule has 6 heteroatoms. The predicted molar refractivity (Wildman–Crippen MR) is 76.1 cm³/mol. The van der Waals surface area contributed by atoms with Crippen molar-refractivity contribution in [3.8, 4) is 0 Å². The van der Waals surface area contributed by atoms with E-state index < -0.39 is 0 Å². The summed E-state index contributed by atoms with van der Waals surface area (Å²) in [6.45, 7) is 4.32. The van der Waals surface area contributed by atoms with Crippen LogP contribution in [0.1, 0.15) is 30.7 Å². The number of hydrogen-bond donors (Lipinski definition) is 2. The first-order valence-electron chi connectivity index (χ1n) is 6.51. The van der Waals surface area contributed by atoms with Crippen LogP contribution in [0.3, 0.4) is 0 Å². The third-order valence-corrected chi connectivity index (χ3v) is 3.22. The molecule has 1 amide bonds. The first-order chi connectivity index (χ1) is 8.75. The number of rotatable bonds is 3. The van der Waals surface area contributed by atoms with Crippen LogP contribution >= 0.6 is 12.4 Å². The van der Waals surface area contributed by atoms with Crippen LogP contribution < -0.4 is 10.6 Å². The Morgan fingerprint density at radius 3 is 2.95 bits per heavy atom. The minimum atomic E-state index is 0. The number of hydrogen-bond acceptors (Lipinski definition) is 4. The Kier molecular flexibility index (Phi) is 6.73. The van der Waals surface area contributed by atoms with Gasteiger partial charge < -0.3 is 10.6 Å². The lowest BCUT2D eigenvalue weighted by atomic mass is 10.00. The molecule has 1 aliphatic heterocycles. The molecule has 2 heterocycles. The standard InChI is InChI=1S/C13H20N4O.ClH/c1-10-7-16-12(8-15-10)9-17-13(18)11-3-2-5-14-6-4-11;/h7-8,11,14H,2-6,9H2,1H3,(H,17,18);1H. The van der Waals surface area contributed by atoms with E-state index in [0.717, 1.165) is 43.7 Å². The highest BCUT2D eigenvalue weighted by Gasteiger charge is 2.19. The summed E-state index contributed by atoms with van der Waals surface area (Å²) in [5.41, 5.74) is 1.70. The van der Waals surface area contributed by atoms with E-state index in [1.165, 1.54) is 0 Å². The molecule has 1 aromatic heterocycles. The lowest BCUT2D eigenvalue weighted by Crippen LogP contribution is -2.31. The summed E-state index contributed by atoms with van der Waals surface area (Å²) in [6.07, 6.45) is 6.40. The van der Waals surface area contributed by atoms with Gasteiger partial charge in [0.15, 0.2) is 0 Å². The fourth-order valence-corrected chi connectivity index (χ4v) is 2.11. The van der Waals surface area contributed by atoms with E-state index in [-0.39, 0.29) is 24.2 Å². The third-order valence-electron chi connectivity index (χ3n) is 3.22. The topological polar surface area (TPSA) is 66.9 Å². The summed E-state index contributed by atoms with van der Waals surface area (Å²) in [7, 11) is 0. The highest BCUT2D eigenvalue weighted by atomic mass is 35.5. The van der Waals surface area contributed by atoms with Crippen molar-refractivity contribution in [1.29, 1.82) is 0 Å². The smallest absolute Gasteiger partial charge is 0.223 e. The number of carbonyl (C=O) groups is 1. The number of carbonyl (C=O) groups excluding carboxylic acids is 1. The van der Waals surface area contributed by atoms with Gasteiger partial charge in [0.05, 0.1) is 24.1 Å². The lowest BCUT2D eigenvalue weighted by Gasteiger charge is -2.13. The van der Waals surface area contributed by atoms with Gasteiger partial charge in [-0.3, -0.25) is 14.8 Å². The molecule has 0 aliphatic carbocycles. The second kappa shape index (κ2) is 8.07. The van der Waals surface area contributed by atoms with Crippen LogP contribution in [0.4, 0.5) is 0 Å². The quantitative estimate of drug-likeness (QED) is 0.876. The molecule has 5 nitrogen and oxygen atoms in total. The summed E-state index contributed by atoms with van der Waals surface area (Å²) in [4.78, 5) is 20.4. The van der Waals surface area contributed by atoms with E-state index >= 15 is 0 Å². The highest BCUT2D eigenvalue weighted by Crippen LogP contribution is 2.13. The van der Waals surface area contributed by atoms with Gasteiger partial charge in [-0.1, -0.05) is 0 Å². The molecule has 0 bridgehead atoms. The number of halogens is 1. The molecule has 0 radical (unpaired) electrons. The Bertz CT molecular complexity index is 388. The van der Waals surface area contributed by atoms with E-state index in [9.17, 15) is 4.79 Å². The Labute approximate surface area is 120 Å². The van der Waals surface area contributed by atoms with Crippen molar-refractivity contribution >= 4 is 18.3 Å². The van der Waals surface area contributed by atoms with Crippen LogP contribution in [-0.4, -0.2) is 29.0 Å². The van der Waals surface area contributed by atoms with Crippen molar-refractivity contribution in [2.24, 2.45) is 5.92 Å². The molecule has 0 aromatic carbocycles. The van der Waals surface area contributed by atoms with E-state index in [0.29, 0.717) is 6.54 Å². The maximum absolute atomic E-state index is 12.0. The number of nitrogens with zero attached hydrogens (tertiary/aromatic N) is 2. The highest BCUT2D eigenvalue weighted by molar-refractivity contribution is 5.85. The van der Waals surface area contributed by atoms with E-state index in [1.807, 2.05) is 6.92 Å². The van der Waals surface area contributed by atoms with Gasteiger partial charge in [-0.15, -0.1) is 12.4 Å². The third kappa shape index (κ3) is 5.12. The first-order valence-corrected chi connectivity index (χ1v) is 6.51. The van der Waals surface area contributed by atoms with Gasteiger partial charge in [-0.2, -0.15) is 0 Å². The average molecular weight is 285 g/mol. The van der Waals surface area contributed by atoms with Gasteiger partial charge >= 0.3 is 0 Å². The first kappa shape index (κ1) is 15.9. The number of amides is 1. The zero-order valence-corrected chi connectivity index (χ0v) is 12.0. The van der Waals surface area contributed by atoms with Gasteiger partial charge in [0.25, 0.3) is 0 Å². The van der Waals surface area contributed by atoms with Gasteiger partial charge in [0.2, 0.25) is 5.91 Å². The monoisotopic (exact) mass is 284 g/mol. The van der Waals surface area contributed by atoms with Gasteiger partial charge in [-0.25, -0.2) is 0 Å². The van der Waals surface area contributed by atoms with Gasteiger partial charge in [-0.05, 0) is 39.3 Å². The molecule has 1 aromatic rings. The summed E-state index contributed by atoms with van der Waals surface area (Å²) in [6, 6.07) is 0. The molecule has 1 aliphatic rings. The van der Waals surface area contributed by atoms with Crippen LogP contribution in [0.15, 0.2) is 12.4 Å². The van der Waals surface area contributed by atoms with Crippen LogP contribution in [0.2, 0.25) is 0 Å². The lowest BCUT2D eigenvalue weighted by molar-refractivity contribution is -0.125. The molecule has 2 N–H and O–H groups in total. The minimum Gasteiger partial charge on any atom is -0.350 e. The maximum Gasteiger partial charge on any atom is 0.223 e. The second-order valence-corrected chi connectivity index (χ2v) is 4.74. The van der Waals surface area contributed by atoms with Gasteiger partial charge in [0.1, 0.15) is 0 Å². The van der Waals surface area contributed by atoms with E-state index in [1.54, 1.807) is 12.4 Å². The molecule has 1 fully saturated rings. The van der Waals surface area contributed by atoms with Crippen molar-refractivity contribution in [2.45, 2.75) is 32.7 Å². The summed E-state index contributed by atoms with van der Waals surface area (Å²) >= 11 is 0. The summed E-state index contributed by atoms with van der Waals surface area (Å²) < 4.78 is 0. The predicted octanol–water partition coefficient (Wildman–Crippen LogP) is 1.21. The second-order valence-electron chi connectivity index (χ2n) is 4.74. The molecular formula is C13H21ClN4O. The van der Waals surface area contributed by atoms with Crippen LogP contribution in [-0.2, 0) is 11.3 Å². The van der Waals surface area contributed by atoms with Crippen molar-refractivity contribution in [3.63, 3.8) is 0 Å². The maximum atomic E-state index is 12.0. The Balaban J connectivity index is 0.00000180. The largest absolute Gasteiger partial charge is 0.350 e. The molecule has 0 spiro atoms. The molecular weight excluding hydrogens is 264 g/mol. The molecule has 1 unspecified atom stereocenters. The Morgan fingerprint density at radius 1 is 1.37 bits per heavy atom. The summed E-state index contributed by atoms with van der Waals surface area (Å²) in [5, 5.41) is 6.26. The minimum absolute atomic E-state index is 0. The van der Waals surface area contributed by atoms with E-state index in [2.05, 4.69) is 20.6 Å². The Hall–Kier alpha value is -1.20. The summed E-state index contributed by atoms with van der Waals surface area (Å²) in [5.74, 6) is 0.277. The Morgan fingerprint density at radius 2 is 2.21 bits per heavy atom. The fraction of sp³-hybridized carbons (Fsp3) is 0.615. The molecule has 1 saturated heterocycles. The SMILES string of the molecule is Cc1cnc(CNC(=O)C2CCCNCC2)cn1.Cl. The van der Waals surface area contributed by atoms with Crippen molar-refractivity contribution in [2.75, 3.05) is 13.1 Å². The van der Waals surface area contributed by atoms with Crippen molar-refractivity contribution in [3.05, 3.63) is 23.8 Å². The van der Waals surface area contributed by atoms with Crippen molar-refractivity contribution in [1.82, 2.24) is 20.6 Å². The average Bonchev–Trinajstić information content (AvgIpc) is 2.66. The molecule has 0 saturated carbocycles. The zero-order valence-electron chi connectivity index (χ0n) is 11.2.